The minimum atomic E-state index is -0.216. The highest BCUT2D eigenvalue weighted by Crippen LogP contribution is 2.32. The Kier molecular flexibility index (Phi) is 3.70. The Hall–Kier alpha value is -2.50. The summed E-state index contributed by atoms with van der Waals surface area (Å²) >= 11 is 0. The molecule has 0 bridgehead atoms. The summed E-state index contributed by atoms with van der Waals surface area (Å²) in [5.41, 5.74) is 1.82. The molecule has 1 amide bonds. The summed E-state index contributed by atoms with van der Waals surface area (Å²) in [6.45, 7) is 0. The first-order valence-corrected chi connectivity index (χ1v) is 5.69. The first-order chi connectivity index (χ1) is 9.19. The summed E-state index contributed by atoms with van der Waals surface area (Å²) in [7, 11) is 4.73. The van der Waals surface area contributed by atoms with Gasteiger partial charge in [-0.25, -0.2) is 0 Å². The van der Waals surface area contributed by atoms with Gasteiger partial charge in [0.05, 0.1) is 19.9 Å². The Labute approximate surface area is 110 Å². The van der Waals surface area contributed by atoms with Crippen molar-refractivity contribution in [2.75, 3.05) is 21.3 Å². The summed E-state index contributed by atoms with van der Waals surface area (Å²) in [5, 5.41) is 9.33. The molecular formula is C13H15N3O3. The number of benzene rings is 1. The van der Waals surface area contributed by atoms with Gasteiger partial charge in [0.25, 0.3) is 5.91 Å². The van der Waals surface area contributed by atoms with Crippen LogP contribution in [0.4, 0.5) is 0 Å². The standard InChI is InChI=1S/C13H15N3O3/c1-14-13(17)11-7-10(15-16-11)9-5-4-8(18-2)6-12(9)19-3/h4-7H,1-3H3,(H,14,17)(H,15,16). The van der Waals surface area contributed by atoms with E-state index in [-0.39, 0.29) is 5.91 Å². The molecule has 0 atom stereocenters. The molecule has 2 N–H and O–H groups in total. The first kappa shape index (κ1) is 12.9. The van der Waals surface area contributed by atoms with E-state index in [1.165, 1.54) is 0 Å². The predicted octanol–water partition coefficient (Wildman–Crippen LogP) is 1.45. The Balaban J connectivity index is 2.41. The van der Waals surface area contributed by atoms with Crippen molar-refractivity contribution in [2.45, 2.75) is 0 Å². The van der Waals surface area contributed by atoms with E-state index >= 15 is 0 Å². The number of aromatic nitrogens is 2. The zero-order valence-corrected chi connectivity index (χ0v) is 11.0. The molecule has 0 saturated carbocycles. The van der Waals surface area contributed by atoms with Crippen molar-refractivity contribution in [1.82, 2.24) is 15.5 Å². The number of nitrogens with one attached hydrogen (secondary N) is 2. The number of amides is 1. The van der Waals surface area contributed by atoms with Crippen LogP contribution in [-0.4, -0.2) is 37.4 Å². The molecule has 19 heavy (non-hydrogen) atoms. The van der Waals surface area contributed by atoms with E-state index in [0.717, 1.165) is 5.56 Å². The van der Waals surface area contributed by atoms with E-state index in [0.29, 0.717) is 22.9 Å². The number of hydrogen-bond donors (Lipinski definition) is 2. The molecule has 0 aliphatic rings. The number of rotatable bonds is 4. The maximum atomic E-state index is 11.5. The molecule has 1 heterocycles. The fraction of sp³-hybridized carbons (Fsp3) is 0.231. The summed E-state index contributed by atoms with van der Waals surface area (Å²) < 4.78 is 10.4. The first-order valence-electron chi connectivity index (χ1n) is 5.69. The highest BCUT2D eigenvalue weighted by Gasteiger charge is 2.13. The number of carbonyl (C=O) groups excluding carboxylic acids is 1. The van der Waals surface area contributed by atoms with Crippen LogP contribution in [0.15, 0.2) is 24.3 Å². The number of nitrogens with zero attached hydrogens (tertiary/aromatic N) is 1. The summed E-state index contributed by atoms with van der Waals surface area (Å²) in [6.07, 6.45) is 0. The average Bonchev–Trinajstić information content (AvgIpc) is 2.95. The average molecular weight is 261 g/mol. The maximum absolute atomic E-state index is 11.5. The number of methoxy groups -OCH3 is 2. The van der Waals surface area contributed by atoms with E-state index in [2.05, 4.69) is 15.5 Å². The third-order valence-corrected chi connectivity index (χ3v) is 2.73. The summed E-state index contributed by atoms with van der Waals surface area (Å²) in [4.78, 5) is 11.5. The van der Waals surface area contributed by atoms with Gasteiger partial charge in [0.2, 0.25) is 0 Å². The van der Waals surface area contributed by atoms with Gasteiger partial charge >= 0.3 is 0 Å². The molecule has 6 heteroatoms. The second kappa shape index (κ2) is 5.43. The molecule has 0 aliphatic heterocycles. The van der Waals surface area contributed by atoms with Gasteiger partial charge in [0.15, 0.2) is 0 Å². The van der Waals surface area contributed by atoms with E-state index < -0.39 is 0 Å². The quantitative estimate of drug-likeness (QED) is 0.873. The van der Waals surface area contributed by atoms with E-state index in [4.69, 9.17) is 9.47 Å². The van der Waals surface area contributed by atoms with Crippen molar-refractivity contribution < 1.29 is 14.3 Å². The Bertz CT molecular complexity index is 593. The zero-order valence-electron chi connectivity index (χ0n) is 11.0. The minimum Gasteiger partial charge on any atom is -0.497 e. The molecule has 0 unspecified atom stereocenters. The largest absolute Gasteiger partial charge is 0.497 e. The number of H-pyrrole nitrogens is 1. The Morgan fingerprint density at radius 3 is 2.68 bits per heavy atom. The molecule has 1 aromatic carbocycles. The van der Waals surface area contributed by atoms with Crippen LogP contribution in [-0.2, 0) is 0 Å². The molecule has 0 fully saturated rings. The van der Waals surface area contributed by atoms with Gasteiger partial charge < -0.3 is 14.8 Å². The smallest absolute Gasteiger partial charge is 0.269 e. The van der Waals surface area contributed by atoms with Gasteiger partial charge in [-0.1, -0.05) is 0 Å². The van der Waals surface area contributed by atoms with Crippen LogP contribution in [0.3, 0.4) is 0 Å². The molecular weight excluding hydrogens is 246 g/mol. The van der Waals surface area contributed by atoms with Gasteiger partial charge in [0.1, 0.15) is 17.2 Å². The second-order valence-corrected chi connectivity index (χ2v) is 3.81. The van der Waals surface area contributed by atoms with E-state index in [1.807, 2.05) is 12.1 Å². The van der Waals surface area contributed by atoms with Gasteiger partial charge in [-0.3, -0.25) is 9.89 Å². The predicted molar refractivity (Wildman–Crippen MR) is 70.5 cm³/mol. The van der Waals surface area contributed by atoms with E-state index in [9.17, 15) is 4.79 Å². The molecule has 100 valence electrons. The SMILES string of the molecule is CNC(=O)c1cc(-c2ccc(OC)cc2OC)n[nH]1. The summed E-state index contributed by atoms with van der Waals surface area (Å²) in [5.74, 6) is 1.11. The topological polar surface area (TPSA) is 76.2 Å². The molecule has 6 nitrogen and oxygen atoms in total. The van der Waals surface area contributed by atoms with Crippen molar-refractivity contribution >= 4 is 5.91 Å². The molecule has 1 aromatic heterocycles. The highest BCUT2D eigenvalue weighted by atomic mass is 16.5. The molecule has 0 spiro atoms. The van der Waals surface area contributed by atoms with Crippen LogP contribution in [0.2, 0.25) is 0 Å². The van der Waals surface area contributed by atoms with Gasteiger partial charge in [-0.2, -0.15) is 5.10 Å². The van der Waals surface area contributed by atoms with Crippen LogP contribution in [0, 0.1) is 0 Å². The third kappa shape index (κ3) is 2.52. The van der Waals surface area contributed by atoms with Gasteiger partial charge in [-0.05, 0) is 18.2 Å². The molecule has 0 aliphatic carbocycles. The number of aromatic amines is 1. The van der Waals surface area contributed by atoms with Crippen LogP contribution >= 0.6 is 0 Å². The fourth-order valence-electron chi connectivity index (χ4n) is 1.72. The molecule has 2 rings (SSSR count). The lowest BCUT2D eigenvalue weighted by molar-refractivity contribution is 0.0958. The van der Waals surface area contributed by atoms with Crippen molar-refractivity contribution in [2.24, 2.45) is 0 Å². The fourth-order valence-corrected chi connectivity index (χ4v) is 1.72. The molecule has 2 aromatic rings. The van der Waals surface area contributed by atoms with Crippen molar-refractivity contribution in [1.29, 1.82) is 0 Å². The third-order valence-electron chi connectivity index (χ3n) is 2.73. The maximum Gasteiger partial charge on any atom is 0.269 e. The van der Waals surface area contributed by atoms with Crippen molar-refractivity contribution in [3.8, 4) is 22.8 Å². The lowest BCUT2D eigenvalue weighted by Gasteiger charge is -2.08. The van der Waals surface area contributed by atoms with E-state index in [1.54, 1.807) is 33.4 Å². The van der Waals surface area contributed by atoms with Crippen LogP contribution in [0.5, 0.6) is 11.5 Å². The Morgan fingerprint density at radius 2 is 2.05 bits per heavy atom. The number of hydrogen-bond acceptors (Lipinski definition) is 4. The minimum absolute atomic E-state index is 0.216. The highest BCUT2D eigenvalue weighted by molar-refractivity contribution is 5.93. The number of carbonyl (C=O) groups is 1. The second-order valence-electron chi connectivity index (χ2n) is 3.81. The molecule has 0 saturated heterocycles. The lowest BCUT2D eigenvalue weighted by atomic mass is 10.1. The van der Waals surface area contributed by atoms with Crippen molar-refractivity contribution in [3.63, 3.8) is 0 Å². The van der Waals surface area contributed by atoms with Gasteiger partial charge in [0, 0.05) is 18.7 Å². The normalized spacial score (nSPS) is 10.1. The van der Waals surface area contributed by atoms with Crippen LogP contribution in [0.25, 0.3) is 11.3 Å². The van der Waals surface area contributed by atoms with Crippen molar-refractivity contribution in [3.05, 3.63) is 30.0 Å². The summed E-state index contributed by atoms with van der Waals surface area (Å²) in [6, 6.07) is 7.08. The Morgan fingerprint density at radius 1 is 1.26 bits per heavy atom. The number of ether oxygens (including phenoxy) is 2. The molecule has 0 radical (unpaired) electrons. The van der Waals surface area contributed by atoms with Crippen LogP contribution < -0.4 is 14.8 Å². The zero-order chi connectivity index (χ0) is 13.8. The lowest BCUT2D eigenvalue weighted by Crippen LogP contribution is -2.17. The van der Waals surface area contributed by atoms with Gasteiger partial charge in [-0.15, -0.1) is 0 Å². The van der Waals surface area contributed by atoms with Crippen LogP contribution in [0.1, 0.15) is 10.5 Å². The monoisotopic (exact) mass is 261 g/mol.